The van der Waals surface area contributed by atoms with Gasteiger partial charge in [0, 0.05) is 18.7 Å². The third kappa shape index (κ3) is 3.81. The number of aromatic nitrogens is 2. The molecule has 22 heavy (non-hydrogen) atoms. The highest BCUT2D eigenvalue weighted by Crippen LogP contribution is 2.21. The zero-order chi connectivity index (χ0) is 15.9. The fourth-order valence-electron chi connectivity index (χ4n) is 2.24. The topological polar surface area (TPSA) is 58.1 Å². The van der Waals surface area contributed by atoms with Crippen LogP contribution in [0.3, 0.4) is 0 Å². The first-order valence-corrected chi connectivity index (χ1v) is 7.59. The van der Waals surface area contributed by atoms with Crippen molar-refractivity contribution in [1.29, 1.82) is 0 Å². The van der Waals surface area contributed by atoms with Gasteiger partial charge in [0.2, 0.25) is 5.91 Å². The molecule has 5 heteroatoms. The molecular formula is C17H22N4O. The molecular weight excluding hydrogens is 276 g/mol. The average Bonchev–Trinajstić information content (AvgIpc) is 2.57. The first kappa shape index (κ1) is 15.9. The highest BCUT2D eigenvalue weighted by atomic mass is 16.1. The fraction of sp³-hybridized carbons (Fsp3) is 0.353. The number of hydrogen-bond donors (Lipinski definition) is 1. The van der Waals surface area contributed by atoms with Crippen LogP contribution in [0, 0.1) is 5.92 Å². The first-order valence-electron chi connectivity index (χ1n) is 7.59. The lowest BCUT2D eigenvalue weighted by atomic mass is 10.0. The van der Waals surface area contributed by atoms with Crippen LogP contribution in [0.2, 0.25) is 0 Å². The summed E-state index contributed by atoms with van der Waals surface area (Å²) in [5, 5.41) is 11.1. The maximum Gasteiger partial charge on any atom is 0.228 e. The van der Waals surface area contributed by atoms with E-state index >= 15 is 0 Å². The van der Waals surface area contributed by atoms with Gasteiger partial charge in [-0.05, 0) is 37.1 Å². The zero-order valence-corrected chi connectivity index (χ0v) is 13.3. The Hall–Kier alpha value is -2.43. The van der Waals surface area contributed by atoms with Crippen LogP contribution in [0.15, 0.2) is 42.5 Å². The predicted molar refractivity (Wildman–Crippen MR) is 89.2 cm³/mol. The second kappa shape index (κ2) is 7.54. The second-order valence-corrected chi connectivity index (χ2v) is 5.17. The predicted octanol–water partition coefficient (Wildman–Crippen LogP) is 3.62. The summed E-state index contributed by atoms with van der Waals surface area (Å²) in [5.74, 6) is 1.24. The van der Waals surface area contributed by atoms with Crippen molar-refractivity contribution < 1.29 is 4.79 Å². The van der Waals surface area contributed by atoms with Gasteiger partial charge in [-0.1, -0.05) is 32.0 Å². The minimum absolute atomic E-state index is 0.00321. The van der Waals surface area contributed by atoms with E-state index in [0.717, 1.165) is 24.3 Å². The van der Waals surface area contributed by atoms with Gasteiger partial charge < -0.3 is 10.2 Å². The van der Waals surface area contributed by atoms with E-state index in [4.69, 9.17) is 0 Å². The van der Waals surface area contributed by atoms with Crippen molar-refractivity contribution in [3.05, 3.63) is 42.5 Å². The molecule has 0 aliphatic rings. The molecule has 1 amide bonds. The number of hydrogen-bond acceptors (Lipinski definition) is 4. The molecule has 116 valence electrons. The molecule has 2 rings (SSSR count). The van der Waals surface area contributed by atoms with E-state index in [1.54, 1.807) is 6.07 Å². The minimum atomic E-state index is 0.00321. The van der Waals surface area contributed by atoms with Crippen molar-refractivity contribution in [2.75, 3.05) is 17.3 Å². The van der Waals surface area contributed by atoms with E-state index in [1.165, 1.54) is 0 Å². The van der Waals surface area contributed by atoms with Crippen LogP contribution in [0.25, 0.3) is 0 Å². The summed E-state index contributed by atoms with van der Waals surface area (Å²) in [6.45, 7) is 4.02. The van der Waals surface area contributed by atoms with E-state index in [0.29, 0.717) is 5.82 Å². The number of carbonyl (C=O) groups is 1. The molecule has 0 aliphatic heterocycles. The lowest BCUT2D eigenvalue weighted by Gasteiger charge is -2.18. The summed E-state index contributed by atoms with van der Waals surface area (Å²) < 4.78 is 0. The zero-order valence-electron chi connectivity index (χ0n) is 13.3. The quantitative estimate of drug-likeness (QED) is 0.885. The van der Waals surface area contributed by atoms with Crippen LogP contribution in [0.4, 0.5) is 17.3 Å². The molecule has 1 N–H and O–H groups in total. The number of rotatable bonds is 6. The van der Waals surface area contributed by atoms with Crippen LogP contribution in [-0.4, -0.2) is 23.2 Å². The maximum absolute atomic E-state index is 12.0. The summed E-state index contributed by atoms with van der Waals surface area (Å²) in [7, 11) is 1.93. The van der Waals surface area contributed by atoms with E-state index in [9.17, 15) is 4.79 Å². The lowest BCUT2D eigenvalue weighted by molar-refractivity contribution is -0.120. The number of anilines is 3. The van der Waals surface area contributed by atoms with Crippen LogP contribution >= 0.6 is 0 Å². The van der Waals surface area contributed by atoms with Crippen LogP contribution in [0.5, 0.6) is 0 Å². The van der Waals surface area contributed by atoms with Crippen LogP contribution in [0.1, 0.15) is 26.7 Å². The summed E-state index contributed by atoms with van der Waals surface area (Å²) in [5.41, 5.74) is 1.03. The fourth-order valence-corrected chi connectivity index (χ4v) is 2.24. The molecule has 0 bridgehead atoms. The van der Waals surface area contributed by atoms with Gasteiger partial charge in [-0.15, -0.1) is 10.2 Å². The number of carbonyl (C=O) groups excluding carboxylic acids is 1. The van der Waals surface area contributed by atoms with Gasteiger partial charge in [0.05, 0.1) is 0 Å². The van der Waals surface area contributed by atoms with E-state index in [-0.39, 0.29) is 11.8 Å². The van der Waals surface area contributed by atoms with Crippen molar-refractivity contribution in [3.8, 4) is 0 Å². The maximum atomic E-state index is 12.0. The molecule has 0 fully saturated rings. The Kier molecular flexibility index (Phi) is 5.47. The smallest absolute Gasteiger partial charge is 0.228 e. The molecule has 0 atom stereocenters. The van der Waals surface area contributed by atoms with E-state index in [2.05, 4.69) is 15.5 Å². The number of nitrogens with zero attached hydrogens (tertiary/aromatic N) is 3. The molecule has 0 saturated heterocycles. The molecule has 1 aromatic carbocycles. The number of amides is 1. The Morgan fingerprint density at radius 1 is 1.09 bits per heavy atom. The van der Waals surface area contributed by atoms with Gasteiger partial charge >= 0.3 is 0 Å². The Balaban J connectivity index is 2.06. The summed E-state index contributed by atoms with van der Waals surface area (Å²) in [4.78, 5) is 14.0. The minimum Gasteiger partial charge on any atom is -0.328 e. The molecule has 1 heterocycles. The highest BCUT2D eigenvalue weighted by Gasteiger charge is 2.15. The van der Waals surface area contributed by atoms with E-state index in [1.807, 2.05) is 62.2 Å². The number of para-hydroxylation sites is 1. The van der Waals surface area contributed by atoms with Crippen molar-refractivity contribution in [1.82, 2.24) is 10.2 Å². The largest absolute Gasteiger partial charge is 0.328 e. The van der Waals surface area contributed by atoms with Crippen LogP contribution < -0.4 is 10.2 Å². The SMILES string of the molecule is CCC(CC)C(=O)Nc1ccc(N(C)c2ccccc2)nn1. The summed E-state index contributed by atoms with van der Waals surface area (Å²) in [6.07, 6.45) is 1.65. The molecule has 0 saturated carbocycles. The Morgan fingerprint density at radius 3 is 2.32 bits per heavy atom. The standard InChI is InChI=1S/C17H22N4O/c1-4-13(5-2)17(22)18-15-11-12-16(20-19-15)21(3)14-9-7-6-8-10-14/h6-13H,4-5H2,1-3H3,(H,18,19,22). The molecule has 0 unspecified atom stereocenters. The number of nitrogens with one attached hydrogen (secondary N) is 1. The van der Waals surface area contributed by atoms with Crippen molar-refractivity contribution in [2.24, 2.45) is 5.92 Å². The second-order valence-electron chi connectivity index (χ2n) is 5.17. The van der Waals surface area contributed by atoms with Crippen molar-refractivity contribution in [2.45, 2.75) is 26.7 Å². The molecule has 2 aromatic rings. The van der Waals surface area contributed by atoms with Crippen molar-refractivity contribution >= 4 is 23.2 Å². The van der Waals surface area contributed by atoms with Gasteiger partial charge in [0.15, 0.2) is 11.6 Å². The van der Waals surface area contributed by atoms with Gasteiger partial charge in [-0.2, -0.15) is 0 Å². The number of benzene rings is 1. The first-order chi connectivity index (χ1) is 10.7. The molecule has 0 aliphatic carbocycles. The Bertz CT molecular complexity index is 594. The summed E-state index contributed by atoms with van der Waals surface area (Å²) in [6, 6.07) is 13.6. The molecule has 5 nitrogen and oxygen atoms in total. The van der Waals surface area contributed by atoms with Crippen LogP contribution in [-0.2, 0) is 4.79 Å². The third-order valence-corrected chi connectivity index (χ3v) is 3.75. The Morgan fingerprint density at radius 2 is 1.77 bits per heavy atom. The Labute approximate surface area is 131 Å². The summed E-state index contributed by atoms with van der Waals surface area (Å²) >= 11 is 0. The normalized spacial score (nSPS) is 10.5. The lowest BCUT2D eigenvalue weighted by Crippen LogP contribution is -2.22. The highest BCUT2D eigenvalue weighted by molar-refractivity contribution is 5.91. The van der Waals surface area contributed by atoms with Gasteiger partial charge in [-0.3, -0.25) is 4.79 Å². The molecule has 0 radical (unpaired) electrons. The third-order valence-electron chi connectivity index (χ3n) is 3.75. The average molecular weight is 298 g/mol. The monoisotopic (exact) mass is 298 g/mol. The van der Waals surface area contributed by atoms with Gasteiger partial charge in [-0.25, -0.2) is 0 Å². The molecule has 0 spiro atoms. The molecule has 1 aromatic heterocycles. The van der Waals surface area contributed by atoms with Gasteiger partial charge in [0.1, 0.15) is 0 Å². The van der Waals surface area contributed by atoms with Gasteiger partial charge in [0.25, 0.3) is 0 Å². The van der Waals surface area contributed by atoms with Crippen molar-refractivity contribution in [3.63, 3.8) is 0 Å². The van der Waals surface area contributed by atoms with E-state index < -0.39 is 0 Å².